The molecular weight excluding hydrogens is 763 g/mol. The molecule has 0 aliphatic heterocycles. The van der Waals surface area contributed by atoms with Gasteiger partial charge in [-0.1, -0.05) is 182 Å². The van der Waals surface area contributed by atoms with E-state index in [0.29, 0.717) is 5.92 Å². The number of allylic oxidation sites excluding steroid dienone is 18. The molecule has 0 saturated carbocycles. The number of anilines is 1. The first-order valence-electron chi connectivity index (χ1n) is 22.8. The van der Waals surface area contributed by atoms with Crippen LogP contribution in [0.15, 0.2) is 221 Å². The first kappa shape index (κ1) is 38.8. The van der Waals surface area contributed by atoms with E-state index < -0.39 is 5.41 Å². The van der Waals surface area contributed by atoms with Gasteiger partial charge in [0.05, 0.1) is 11.6 Å². The molecule has 1 heterocycles. The Kier molecular flexibility index (Phi) is 10.1. The Morgan fingerprint density at radius 3 is 2.40 bits per heavy atom. The number of nitrogens with zero attached hydrogens (tertiary/aromatic N) is 1. The minimum absolute atomic E-state index is 0.0138. The van der Waals surface area contributed by atoms with Crippen LogP contribution in [0.25, 0.3) is 22.9 Å². The zero-order chi connectivity index (χ0) is 42.3. The first-order valence-corrected chi connectivity index (χ1v) is 22.8. The second kappa shape index (κ2) is 16.3. The largest absolute Gasteiger partial charge is 0.458 e. The van der Waals surface area contributed by atoms with Gasteiger partial charge in [-0.2, -0.15) is 0 Å². The molecule has 0 fully saturated rings. The number of hydrogen-bond acceptors (Lipinski definition) is 2. The highest BCUT2D eigenvalue weighted by Gasteiger charge is 2.56. The van der Waals surface area contributed by atoms with Crippen LogP contribution in [-0.2, 0) is 11.8 Å². The lowest BCUT2D eigenvalue weighted by Crippen LogP contribution is -2.36. The Labute approximate surface area is 372 Å². The second-order valence-electron chi connectivity index (χ2n) is 17.5. The SMILES string of the molecule is C#C/C=C(\CC)C1(c2ccccc2)c2ccccc2C2c3oc4c(c3C=CC21)CC=CC=C4N(C1=CC=C(C2=CCCC3=CC2C=CC=C3)CC1)c1ccc(-c2ccccc2)cc1. The van der Waals surface area contributed by atoms with Crippen molar-refractivity contribution in [3.63, 3.8) is 0 Å². The van der Waals surface area contributed by atoms with Crippen molar-refractivity contribution in [2.24, 2.45) is 11.8 Å². The molecule has 1 aromatic heterocycles. The summed E-state index contributed by atoms with van der Waals surface area (Å²) in [6.45, 7) is 2.24. The number of hydrogen-bond donors (Lipinski definition) is 0. The molecule has 63 heavy (non-hydrogen) atoms. The van der Waals surface area contributed by atoms with Gasteiger partial charge in [0.25, 0.3) is 0 Å². The fourth-order valence-corrected chi connectivity index (χ4v) is 11.5. The topological polar surface area (TPSA) is 16.4 Å². The summed E-state index contributed by atoms with van der Waals surface area (Å²) in [6, 6.07) is 39.8. The molecule has 4 atom stereocenters. The van der Waals surface area contributed by atoms with Crippen LogP contribution in [0.5, 0.6) is 0 Å². The number of furan rings is 1. The van der Waals surface area contributed by atoms with Crippen molar-refractivity contribution in [1.82, 2.24) is 0 Å². The lowest BCUT2D eigenvalue weighted by Gasteiger charge is -2.40. The molecule has 0 radical (unpaired) electrons. The maximum absolute atomic E-state index is 7.54. The van der Waals surface area contributed by atoms with E-state index in [0.717, 1.165) is 61.4 Å². The van der Waals surface area contributed by atoms with Gasteiger partial charge in [0.15, 0.2) is 5.76 Å². The van der Waals surface area contributed by atoms with Crippen molar-refractivity contribution in [3.05, 3.63) is 256 Å². The molecule has 306 valence electrons. The highest BCUT2D eigenvalue weighted by atomic mass is 16.3. The number of rotatable bonds is 8. The van der Waals surface area contributed by atoms with Crippen LogP contribution in [0.1, 0.15) is 84.3 Å². The van der Waals surface area contributed by atoms with Crippen molar-refractivity contribution in [2.75, 3.05) is 4.90 Å². The summed E-state index contributed by atoms with van der Waals surface area (Å²) < 4.78 is 7.54. The molecule has 2 nitrogen and oxygen atoms in total. The van der Waals surface area contributed by atoms with Crippen molar-refractivity contribution >= 4 is 17.5 Å². The average molecular weight is 814 g/mol. The van der Waals surface area contributed by atoms with E-state index in [2.05, 4.69) is 206 Å². The molecule has 4 aromatic carbocycles. The average Bonchev–Trinajstić information content (AvgIpc) is 3.50. The maximum atomic E-state index is 7.54. The van der Waals surface area contributed by atoms with Gasteiger partial charge in [0.1, 0.15) is 5.76 Å². The van der Waals surface area contributed by atoms with Gasteiger partial charge < -0.3 is 9.32 Å². The highest BCUT2D eigenvalue weighted by Crippen LogP contribution is 2.63. The third kappa shape index (κ3) is 6.49. The molecule has 0 saturated heterocycles. The van der Waals surface area contributed by atoms with E-state index >= 15 is 0 Å². The number of benzene rings is 4. The fourth-order valence-electron chi connectivity index (χ4n) is 11.5. The summed E-state index contributed by atoms with van der Waals surface area (Å²) in [4.78, 5) is 2.48. The molecule has 6 aliphatic rings. The van der Waals surface area contributed by atoms with E-state index in [-0.39, 0.29) is 11.8 Å². The Morgan fingerprint density at radius 2 is 1.60 bits per heavy atom. The van der Waals surface area contributed by atoms with E-state index in [1.807, 2.05) is 6.08 Å². The lowest BCUT2D eigenvalue weighted by atomic mass is 9.61. The lowest BCUT2D eigenvalue weighted by molar-refractivity contribution is 0.381. The zero-order valence-corrected chi connectivity index (χ0v) is 35.9. The van der Waals surface area contributed by atoms with Crippen molar-refractivity contribution in [1.29, 1.82) is 0 Å². The molecule has 6 aliphatic carbocycles. The van der Waals surface area contributed by atoms with E-state index in [4.69, 9.17) is 10.8 Å². The van der Waals surface area contributed by atoms with Gasteiger partial charge in [-0.25, -0.2) is 0 Å². The predicted molar refractivity (Wildman–Crippen MR) is 262 cm³/mol. The predicted octanol–water partition coefficient (Wildman–Crippen LogP) is 14.9. The number of fused-ring (bicyclic) bond motifs is 8. The monoisotopic (exact) mass is 813 g/mol. The molecule has 0 amide bonds. The van der Waals surface area contributed by atoms with Crippen LogP contribution in [0.2, 0.25) is 0 Å². The standard InChI is InChI=1S/C61H51NO/c1-3-18-47(4-2)61(48-24-9-6-10-25-48)55-29-15-13-27-54(55)58-56(61)40-39-53-52-26-14-16-30-57(59(52)63-60(53)58)62(49-35-31-44(32-36-49)43-21-7-5-8-22-43)50-37-33-45(34-38-50)51-28-17-20-42-19-11-12-23-46(51)41-42/h1,5-16,18-19,21-25,27-33,35-37,39-41,46,56,58H,4,17,20,26,34,38H2,2H3/b47-18+. The van der Waals surface area contributed by atoms with Crippen LogP contribution in [0.4, 0.5) is 5.69 Å². The summed E-state index contributed by atoms with van der Waals surface area (Å²) in [5, 5.41) is 0. The third-order valence-corrected chi connectivity index (χ3v) is 14.3. The Morgan fingerprint density at radius 1 is 0.810 bits per heavy atom. The minimum atomic E-state index is -0.433. The van der Waals surface area contributed by atoms with Crippen LogP contribution < -0.4 is 4.90 Å². The normalized spacial score (nSPS) is 23.0. The molecule has 0 spiro atoms. The van der Waals surface area contributed by atoms with Crippen molar-refractivity contribution in [2.45, 2.75) is 56.8 Å². The molecule has 11 rings (SSSR count). The van der Waals surface area contributed by atoms with Crippen LogP contribution >= 0.6 is 0 Å². The van der Waals surface area contributed by atoms with Crippen LogP contribution in [0, 0.1) is 24.2 Å². The summed E-state index contributed by atoms with van der Waals surface area (Å²) in [7, 11) is 0. The third-order valence-electron chi connectivity index (χ3n) is 14.3. The van der Waals surface area contributed by atoms with E-state index in [1.54, 1.807) is 0 Å². The van der Waals surface area contributed by atoms with Crippen molar-refractivity contribution in [3.8, 4) is 23.5 Å². The summed E-state index contributed by atoms with van der Waals surface area (Å²) >= 11 is 0. The highest BCUT2D eigenvalue weighted by molar-refractivity contribution is 5.87. The minimum Gasteiger partial charge on any atom is -0.458 e. The Balaban J connectivity index is 1.05. The number of terminal acetylenes is 1. The molecule has 2 bridgehead atoms. The van der Waals surface area contributed by atoms with Crippen LogP contribution in [-0.4, -0.2) is 0 Å². The quantitative estimate of drug-likeness (QED) is 0.145. The van der Waals surface area contributed by atoms with Gasteiger partial charge >= 0.3 is 0 Å². The molecular formula is C61H51NO. The van der Waals surface area contributed by atoms with Gasteiger partial charge in [-0.3, -0.25) is 0 Å². The summed E-state index contributed by atoms with van der Waals surface area (Å²) in [5.74, 6) is 5.34. The Bertz CT molecular complexity index is 2960. The first-order chi connectivity index (χ1) is 31.2. The molecule has 4 unspecified atom stereocenters. The van der Waals surface area contributed by atoms with Gasteiger partial charge in [-0.05, 0) is 113 Å². The zero-order valence-electron chi connectivity index (χ0n) is 35.9. The summed E-state index contributed by atoms with van der Waals surface area (Å²) in [5.41, 5.74) is 17.3. The van der Waals surface area contributed by atoms with E-state index in [1.165, 1.54) is 66.9 Å². The van der Waals surface area contributed by atoms with Crippen LogP contribution in [0.3, 0.4) is 0 Å². The van der Waals surface area contributed by atoms with Gasteiger partial charge in [-0.15, -0.1) is 6.42 Å². The molecule has 0 N–H and O–H groups in total. The van der Waals surface area contributed by atoms with E-state index in [9.17, 15) is 0 Å². The van der Waals surface area contributed by atoms with Crippen molar-refractivity contribution < 1.29 is 4.42 Å². The molecule has 2 heteroatoms. The second-order valence-corrected chi connectivity index (χ2v) is 17.5. The summed E-state index contributed by atoms with van der Waals surface area (Å²) in [6.07, 6.45) is 44.2. The molecule has 5 aromatic rings. The van der Waals surface area contributed by atoms with Gasteiger partial charge in [0, 0.05) is 39.8 Å². The van der Waals surface area contributed by atoms with Gasteiger partial charge in [0.2, 0.25) is 0 Å². The maximum Gasteiger partial charge on any atom is 0.155 e. The fraction of sp³-hybridized carbons (Fsp3) is 0.180. The Hall–Kier alpha value is -7.08. The smallest absolute Gasteiger partial charge is 0.155 e.